The van der Waals surface area contributed by atoms with Crippen LogP contribution in [-0.4, -0.2) is 25.9 Å². The fourth-order valence-electron chi connectivity index (χ4n) is 1.84. The van der Waals surface area contributed by atoms with Crippen molar-refractivity contribution >= 4 is 0 Å². The average Bonchev–Trinajstić information content (AvgIpc) is 2.26. The van der Waals surface area contributed by atoms with Crippen molar-refractivity contribution in [1.82, 2.24) is 5.32 Å². The molecule has 1 aliphatic heterocycles. The molecular weight excluding hydrogens is 250 g/mol. The van der Waals surface area contributed by atoms with Crippen molar-refractivity contribution in [1.29, 1.82) is 0 Å². The van der Waals surface area contributed by atoms with Crippen molar-refractivity contribution < 1.29 is 22.3 Å². The molecule has 6 heteroatoms. The summed E-state index contributed by atoms with van der Waals surface area (Å²) in [7, 11) is 0. The Hall–Kier alpha value is -1.14. The highest BCUT2D eigenvalue weighted by molar-refractivity contribution is 5.20. The van der Waals surface area contributed by atoms with Gasteiger partial charge in [-0.2, -0.15) is 0 Å². The Balaban J connectivity index is 2.11. The van der Waals surface area contributed by atoms with E-state index in [2.05, 4.69) is 5.32 Å². The maximum Gasteiger partial charge on any atom is 0.293 e. The average molecular weight is 263 g/mol. The Morgan fingerprint density at radius 2 is 1.72 bits per heavy atom. The van der Waals surface area contributed by atoms with Crippen LogP contribution in [-0.2, 0) is 4.74 Å². The lowest BCUT2D eigenvalue weighted by atomic mass is 9.91. The standard InChI is InChI=1S/C12H13F4NO/c13-9-3-1-7(2-4-9)10(8-5-17-6-8)18-12(16)11(14)15/h1-4,8,10-12,17H,5-6H2. The number of nitrogens with one attached hydrogen (secondary N) is 1. The molecule has 0 radical (unpaired) electrons. The van der Waals surface area contributed by atoms with E-state index in [4.69, 9.17) is 4.74 Å². The smallest absolute Gasteiger partial charge is 0.293 e. The molecule has 1 heterocycles. The third kappa shape index (κ3) is 3.00. The third-order valence-electron chi connectivity index (χ3n) is 2.91. The fraction of sp³-hybridized carbons (Fsp3) is 0.500. The van der Waals surface area contributed by atoms with Crippen LogP contribution in [0.3, 0.4) is 0 Å². The Morgan fingerprint density at radius 3 is 2.17 bits per heavy atom. The van der Waals surface area contributed by atoms with E-state index in [0.29, 0.717) is 18.7 Å². The number of hydrogen-bond donors (Lipinski definition) is 1. The molecule has 0 aromatic heterocycles. The minimum atomic E-state index is -3.18. The van der Waals surface area contributed by atoms with Crippen LogP contribution >= 0.6 is 0 Å². The van der Waals surface area contributed by atoms with Crippen LogP contribution in [0.25, 0.3) is 0 Å². The minimum Gasteiger partial charge on any atom is -0.335 e. The first-order valence-corrected chi connectivity index (χ1v) is 5.62. The molecular formula is C12H13F4NO. The van der Waals surface area contributed by atoms with E-state index in [-0.39, 0.29) is 5.92 Å². The molecule has 0 bridgehead atoms. The molecule has 2 atom stereocenters. The SMILES string of the molecule is Fc1ccc(C(OC(F)C(F)F)C2CNC2)cc1. The van der Waals surface area contributed by atoms with E-state index in [9.17, 15) is 17.6 Å². The highest BCUT2D eigenvalue weighted by Crippen LogP contribution is 2.31. The Morgan fingerprint density at radius 1 is 1.11 bits per heavy atom. The van der Waals surface area contributed by atoms with Crippen LogP contribution in [0.5, 0.6) is 0 Å². The van der Waals surface area contributed by atoms with Crippen LogP contribution in [0.2, 0.25) is 0 Å². The number of ether oxygens (including phenoxy) is 1. The first kappa shape index (κ1) is 13.3. The van der Waals surface area contributed by atoms with Crippen LogP contribution < -0.4 is 5.32 Å². The first-order valence-electron chi connectivity index (χ1n) is 5.62. The Bertz CT molecular complexity index is 380. The number of hydrogen-bond acceptors (Lipinski definition) is 2. The summed E-state index contributed by atoms with van der Waals surface area (Å²) < 4.78 is 54.9. The van der Waals surface area contributed by atoms with Gasteiger partial charge in [0.05, 0.1) is 6.10 Å². The molecule has 1 aliphatic rings. The molecule has 1 N–H and O–H groups in total. The van der Waals surface area contributed by atoms with Crippen LogP contribution in [0.15, 0.2) is 24.3 Å². The molecule has 0 aliphatic carbocycles. The van der Waals surface area contributed by atoms with Gasteiger partial charge >= 0.3 is 0 Å². The lowest BCUT2D eigenvalue weighted by molar-refractivity contribution is -0.176. The molecule has 2 nitrogen and oxygen atoms in total. The van der Waals surface area contributed by atoms with Gasteiger partial charge in [0.25, 0.3) is 12.8 Å². The molecule has 1 aromatic rings. The second-order valence-electron chi connectivity index (χ2n) is 4.21. The van der Waals surface area contributed by atoms with Gasteiger partial charge in [0, 0.05) is 19.0 Å². The zero-order chi connectivity index (χ0) is 13.1. The summed E-state index contributed by atoms with van der Waals surface area (Å²) >= 11 is 0. The van der Waals surface area contributed by atoms with Gasteiger partial charge in [0.2, 0.25) is 0 Å². The molecule has 2 unspecified atom stereocenters. The van der Waals surface area contributed by atoms with Gasteiger partial charge in [-0.25, -0.2) is 17.6 Å². The van der Waals surface area contributed by atoms with Crippen LogP contribution in [0, 0.1) is 11.7 Å². The van der Waals surface area contributed by atoms with Crippen LogP contribution in [0.4, 0.5) is 17.6 Å². The topological polar surface area (TPSA) is 21.3 Å². The molecule has 100 valence electrons. The summed E-state index contributed by atoms with van der Waals surface area (Å²) in [6.45, 7) is 1.13. The predicted molar refractivity (Wildman–Crippen MR) is 57.5 cm³/mol. The first-order chi connectivity index (χ1) is 8.58. The summed E-state index contributed by atoms with van der Waals surface area (Å²) in [6.07, 6.45) is -6.59. The van der Waals surface area contributed by atoms with E-state index in [1.54, 1.807) is 0 Å². The monoisotopic (exact) mass is 263 g/mol. The summed E-state index contributed by atoms with van der Waals surface area (Å²) in [5.41, 5.74) is 0.506. The third-order valence-corrected chi connectivity index (χ3v) is 2.91. The molecule has 1 fully saturated rings. The van der Waals surface area contributed by atoms with Crippen LogP contribution in [0.1, 0.15) is 11.7 Å². The Labute approximate surface area is 102 Å². The lowest BCUT2D eigenvalue weighted by Crippen LogP contribution is -2.46. The molecule has 1 aromatic carbocycles. The molecule has 0 amide bonds. The van der Waals surface area contributed by atoms with Gasteiger partial charge < -0.3 is 10.1 Å². The second kappa shape index (κ2) is 5.67. The van der Waals surface area contributed by atoms with E-state index in [1.807, 2.05) is 0 Å². The van der Waals surface area contributed by atoms with Crippen molar-refractivity contribution in [2.75, 3.05) is 13.1 Å². The highest BCUT2D eigenvalue weighted by Gasteiger charge is 2.33. The molecule has 18 heavy (non-hydrogen) atoms. The quantitative estimate of drug-likeness (QED) is 0.825. The summed E-state index contributed by atoms with van der Waals surface area (Å²) in [6, 6.07) is 5.26. The number of rotatable bonds is 5. The summed E-state index contributed by atoms with van der Waals surface area (Å²) in [4.78, 5) is 0. The number of benzene rings is 1. The van der Waals surface area contributed by atoms with Crippen molar-refractivity contribution in [3.8, 4) is 0 Å². The maximum absolute atomic E-state index is 13.0. The normalized spacial score (nSPS) is 19.6. The number of alkyl halides is 3. The summed E-state index contributed by atoms with van der Waals surface area (Å²) in [5.74, 6) is -0.512. The Kier molecular flexibility index (Phi) is 4.19. The van der Waals surface area contributed by atoms with Gasteiger partial charge in [-0.1, -0.05) is 12.1 Å². The van der Waals surface area contributed by atoms with Gasteiger partial charge in [-0.05, 0) is 17.7 Å². The second-order valence-corrected chi connectivity index (χ2v) is 4.21. The molecule has 0 spiro atoms. The van der Waals surface area contributed by atoms with Gasteiger partial charge in [0.1, 0.15) is 5.82 Å². The zero-order valence-corrected chi connectivity index (χ0v) is 9.45. The highest BCUT2D eigenvalue weighted by atomic mass is 19.3. The van der Waals surface area contributed by atoms with E-state index < -0.39 is 24.7 Å². The van der Waals surface area contributed by atoms with Gasteiger partial charge in [0.15, 0.2) is 0 Å². The minimum absolute atomic E-state index is 0.0764. The fourth-order valence-corrected chi connectivity index (χ4v) is 1.84. The van der Waals surface area contributed by atoms with E-state index in [1.165, 1.54) is 24.3 Å². The summed E-state index contributed by atoms with van der Waals surface area (Å²) in [5, 5.41) is 2.96. The largest absolute Gasteiger partial charge is 0.335 e. The van der Waals surface area contributed by atoms with Crippen molar-refractivity contribution in [3.05, 3.63) is 35.6 Å². The maximum atomic E-state index is 13.0. The molecule has 1 saturated heterocycles. The van der Waals surface area contributed by atoms with E-state index in [0.717, 1.165) is 0 Å². The van der Waals surface area contributed by atoms with E-state index >= 15 is 0 Å². The molecule has 2 rings (SSSR count). The van der Waals surface area contributed by atoms with Gasteiger partial charge in [-0.15, -0.1) is 0 Å². The predicted octanol–water partition coefficient (Wildman–Crippen LogP) is 2.66. The number of halogens is 4. The van der Waals surface area contributed by atoms with Crippen molar-refractivity contribution in [2.45, 2.75) is 18.9 Å². The van der Waals surface area contributed by atoms with Gasteiger partial charge in [-0.3, -0.25) is 0 Å². The molecule has 0 saturated carbocycles. The lowest BCUT2D eigenvalue weighted by Gasteiger charge is -2.35. The van der Waals surface area contributed by atoms with Crippen molar-refractivity contribution in [2.24, 2.45) is 5.92 Å². The van der Waals surface area contributed by atoms with Crippen molar-refractivity contribution in [3.63, 3.8) is 0 Å². The zero-order valence-electron chi connectivity index (χ0n) is 9.45.